The molecule has 1 heterocycles. The quantitative estimate of drug-likeness (QED) is 0.490. The van der Waals surface area contributed by atoms with Crippen molar-refractivity contribution in [2.75, 3.05) is 6.79 Å². The van der Waals surface area contributed by atoms with E-state index in [4.69, 9.17) is 9.47 Å². The maximum atomic E-state index is 12.0. The number of fused-ring (bicyclic) bond motifs is 1. The maximum absolute atomic E-state index is 12.0. The molecule has 0 aromatic heterocycles. The van der Waals surface area contributed by atoms with Crippen LogP contribution in [0, 0.1) is 10.1 Å². The van der Waals surface area contributed by atoms with Crippen LogP contribution in [0.1, 0.15) is 15.9 Å². The number of nitro benzene ring substituents is 1. The molecule has 0 unspecified atom stereocenters. The van der Waals surface area contributed by atoms with E-state index < -0.39 is 10.8 Å². The van der Waals surface area contributed by atoms with E-state index in [9.17, 15) is 14.9 Å². The Balaban J connectivity index is 1.81. The molecule has 0 saturated carbocycles. The number of hydrogen-bond donors (Lipinski definition) is 1. The van der Waals surface area contributed by atoms with Gasteiger partial charge in [-0.1, -0.05) is 12.1 Å². The van der Waals surface area contributed by atoms with Crippen LogP contribution in [0.2, 0.25) is 0 Å². The third-order valence-electron chi connectivity index (χ3n) is 3.21. The van der Waals surface area contributed by atoms with Crippen LogP contribution in [0.4, 0.5) is 5.69 Å². The largest absolute Gasteiger partial charge is 0.454 e. The van der Waals surface area contributed by atoms with Gasteiger partial charge in [0, 0.05) is 4.47 Å². The third kappa shape index (κ3) is 3.20. The fraction of sp³-hybridized carbons (Fsp3) is 0.0667. The van der Waals surface area contributed by atoms with E-state index in [1.807, 2.05) is 0 Å². The lowest BCUT2D eigenvalue weighted by Gasteiger charge is -2.03. The van der Waals surface area contributed by atoms with Crippen molar-refractivity contribution in [3.05, 3.63) is 62.1 Å². The van der Waals surface area contributed by atoms with Crippen LogP contribution < -0.4 is 14.9 Å². The minimum Gasteiger partial charge on any atom is -0.454 e. The highest BCUT2D eigenvalue weighted by Crippen LogP contribution is 2.37. The molecule has 3 rings (SSSR count). The summed E-state index contributed by atoms with van der Waals surface area (Å²) in [5.41, 5.74) is 2.72. The number of hydrazone groups is 1. The van der Waals surface area contributed by atoms with Crippen molar-refractivity contribution >= 4 is 33.7 Å². The summed E-state index contributed by atoms with van der Waals surface area (Å²) < 4.78 is 10.9. The molecule has 0 aliphatic carbocycles. The van der Waals surface area contributed by atoms with Gasteiger partial charge in [-0.3, -0.25) is 14.9 Å². The molecule has 2 aromatic carbocycles. The number of benzene rings is 2. The lowest BCUT2D eigenvalue weighted by atomic mass is 10.1. The topological polar surface area (TPSA) is 103 Å². The average molecular weight is 392 g/mol. The van der Waals surface area contributed by atoms with Crippen LogP contribution >= 0.6 is 15.9 Å². The van der Waals surface area contributed by atoms with Crippen molar-refractivity contribution in [1.29, 1.82) is 0 Å². The molecular formula is C15H10BrN3O5. The van der Waals surface area contributed by atoms with Crippen LogP contribution in [0.15, 0.2) is 46.0 Å². The molecule has 1 aliphatic heterocycles. The Morgan fingerprint density at radius 2 is 2.00 bits per heavy atom. The van der Waals surface area contributed by atoms with E-state index in [-0.39, 0.29) is 18.0 Å². The number of amides is 1. The molecule has 0 radical (unpaired) electrons. The van der Waals surface area contributed by atoms with Gasteiger partial charge in [-0.15, -0.1) is 0 Å². The van der Waals surface area contributed by atoms with Gasteiger partial charge in [0.05, 0.1) is 28.3 Å². The van der Waals surface area contributed by atoms with Crippen LogP contribution in [-0.2, 0) is 0 Å². The molecule has 24 heavy (non-hydrogen) atoms. The second kappa shape index (κ2) is 6.67. The van der Waals surface area contributed by atoms with Gasteiger partial charge in [0.15, 0.2) is 11.5 Å². The molecule has 0 saturated heterocycles. The van der Waals surface area contributed by atoms with Gasteiger partial charge in [0.2, 0.25) is 6.79 Å². The number of carbonyl (C=O) groups is 1. The lowest BCUT2D eigenvalue weighted by molar-refractivity contribution is -0.385. The van der Waals surface area contributed by atoms with E-state index in [2.05, 4.69) is 26.5 Å². The summed E-state index contributed by atoms with van der Waals surface area (Å²) in [4.78, 5) is 22.6. The van der Waals surface area contributed by atoms with Crippen LogP contribution in [0.5, 0.6) is 11.5 Å². The molecule has 1 N–H and O–H groups in total. The second-order valence-electron chi connectivity index (χ2n) is 4.70. The first kappa shape index (κ1) is 15.9. The van der Waals surface area contributed by atoms with Gasteiger partial charge in [-0.05, 0) is 34.1 Å². The summed E-state index contributed by atoms with van der Waals surface area (Å²) in [6.45, 7) is 0.00581. The van der Waals surface area contributed by atoms with Crippen molar-refractivity contribution in [2.24, 2.45) is 5.10 Å². The summed E-state index contributed by atoms with van der Waals surface area (Å²) >= 11 is 3.27. The number of rotatable bonds is 4. The van der Waals surface area contributed by atoms with Crippen LogP contribution in [0.3, 0.4) is 0 Å². The van der Waals surface area contributed by atoms with Crippen molar-refractivity contribution in [2.45, 2.75) is 0 Å². The zero-order valence-electron chi connectivity index (χ0n) is 12.1. The van der Waals surface area contributed by atoms with E-state index in [1.165, 1.54) is 18.3 Å². The number of carbonyl (C=O) groups excluding carboxylic acids is 1. The molecule has 8 nitrogen and oxygen atoms in total. The minimum absolute atomic E-state index is 0.00581. The van der Waals surface area contributed by atoms with Crippen molar-refractivity contribution in [3.63, 3.8) is 0 Å². The maximum Gasteiger partial charge on any atom is 0.282 e. The Morgan fingerprint density at radius 1 is 1.29 bits per heavy atom. The Kier molecular flexibility index (Phi) is 4.43. The van der Waals surface area contributed by atoms with Crippen LogP contribution in [-0.4, -0.2) is 23.8 Å². The minimum atomic E-state index is -0.557. The number of nitro groups is 1. The molecule has 2 aromatic rings. The average Bonchev–Trinajstić information content (AvgIpc) is 3.01. The normalized spacial score (nSPS) is 12.4. The fourth-order valence-corrected chi connectivity index (χ4v) is 2.54. The zero-order chi connectivity index (χ0) is 17.1. The molecule has 1 amide bonds. The predicted molar refractivity (Wildman–Crippen MR) is 88.4 cm³/mol. The van der Waals surface area contributed by atoms with E-state index in [1.54, 1.807) is 24.3 Å². The SMILES string of the molecule is O=C(NN=Cc1cc2c(cc1[N+](=O)[O-])OCO2)c1ccccc1Br. The zero-order valence-corrected chi connectivity index (χ0v) is 13.6. The summed E-state index contributed by atoms with van der Waals surface area (Å²) in [5.74, 6) is 0.248. The monoisotopic (exact) mass is 391 g/mol. The highest BCUT2D eigenvalue weighted by Gasteiger charge is 2.22. The van der Waals surface area contributed by atoms with Crippen molar-refractivity contribution in [1.82, 2.24) is 5.43 Å². The molecule has 1 aliphatic rings. The highest BCUT2D eigenvalue weighted by molar-refractivity contribution is 9.10. The first-order valence-corrected chi connectivity index (χ1v) is 7.51. The molecule has 0 bridgehead atoms. The van der Waals surface area contributed by atoms with Gasteiger partial charge in [-0.25, -0.2) is 5.43 Å². The Labute approximate surface area is 144 Å². The second-order valence-corrected chi connectivity index (χ2v) is 5.55. The Morgan fingerprint density at radius 3 is 2.71 bits per heavy atom. The van der Waals surface area contributed by atoms with Crippen molar-refractivity contribution < 1.29 is 19.2 Å². The molecule has 0 spiro atoms. The first-order valence-electron chi connectivity index (χ1n) is 6.72. The van der Waals surface area contributed by atoms with Gasteiger partial charge in [0.25, 0.3) is 11.6 Å². The molecule has 0 fully saturated rings. The summed E-state index contributed by atoms with van der Waals surface area (Å²) in [5, 5.41) is 14.9. The first-order chi connectivity index (χ1) is 11.6. The Hall–Kier alpha value is -2.94. The number of ether oxygens (including phenoxy) is 2. The van der Waals surface area contributed by atoms with Crippen molar-refractivity contribution in [3.8, 4) is 11.5 Å². The number of halogens is 1. The van der Waals surface area contributed by atoms with Gasteiger partial charge < -0.3 is 9.47 Å². The van der Waals surface area contributed by atoms with Gasteiger partial charge >= 0.3 is 0 Å². The number of nitrogens with zero attached hydrogens (tertiary/aromatic N) is 2. The van der Waals surface area contributed by atoms with Crippen LogP contribution in [0.25, 0.3) is 0 Å². The van der Waals surface area contributed by atoms with Gasteiger partial charge in [0.1, 0.15) is 0 Å². The Bertz CT molecular complexity index is 853. The highest BCUT2D eigenvalue weighted by atomic mass is 79.9. The molecule has 0 atom stereocenters. The summed E-state index contributed by atoms with van der Waals surface area (Å²) in [7, 11) is 0. The lowest BCUT2D eigenvalue weighted by Crippen LogP contribution is -2.18. The summed E-state index contributed by atoms with van der Waals surface area (Å²) in [6.07, 6.45) is 1.19. The standard InChI is InChI=1S/C15H10BrN3O5/c16-11-4-2-1-3-10(11)15(20)18-17-7-9-5-13-14(24-8-23-13)6-12(9)19(21)22/h1-7H,8H2,(H,18,20). The summed E-state index contributed by atoms with van der Waals surface area (Å²) in [6, 6.07) is 9.54. The van der Waals surface area contributed by atoms with E-state index in [0.29, 0.717) is 21.5 Å². The van der Waals surface area contributed by atoms with E-state index in [0.717, 1.165) is 0 Å². The predicted octanol–water partition coefficient (Wildman–Crippen LogP) is 2.85. The molecule has 122 valence electrons. The fourth-order valence-electron chi connectivity index (χ4n) is 2.07. The number of nitrogens with one attached hydrogen (secondary N) is 1. The van der Waals surface area contributed by atoms with E-state index >= 15 is 0 Å². The molecular weight excluding hydrogens is 382 g/mol. The number of hydrogen-bond acceptors (Lipinski definition) is 6. The molecule has 9 heteroatoms. The third-order valence-corrected chi connectivity index (χ3v) is 3.90. The smallest absolute Gasteiger partial charge is 0.282 e. The van der Waals surface area contributed by atoms with Gasteiger partial charge in [-0.2, -0.15) is 5.10 Å².